The molecule has 2 amide bonds. The Hall–Kier alpha value is -2.49. The van der Waals surface area contributed by atoms with Gasteiger partial charge in [-0.2, -0.15) is 5.10 Å². The van der Waals surface area contributed by atoms with Crippen molar-refractivity contribution in [2.24, 2.45) is 12.1 Å². The molecule has 0 saturated heterocycles. The number of rotatable bonds is 9. The number of aryl methyl sites for hydroxylation is 1. The fourth-order valence-electron chi connectivity index (χ4n) is 3.33. The molecule has 1 atom stereocenters. The summed E-state index contributed by atoms with van der Waals surface area (Å²) >= 11 is 1.60. The molecule has 8 nitrogen and oxygen atoms in total. The third-order valence-electron chi connectivity index (χ3n) is 4.81. The Balaban J connectivity index is 1.83. The molecule has 0 fully saturated rings. The molecule has 0 saturated carbocycles. The van der Waals surface area contributed by atoms with Gasteiger partial charge in [0.1, 0.15) is 19.2 Å². The largest absolute Gasteiger partial charge is 0.383 e. The highest BCUT2D eigenvalue weighted by Crippen LogP contribution is 2.33. The average molecular weight is 419 g/mol. The van der Waals surface area contributed by atoms with Gasteiger partial charge in [0.25, 0.3) is 5.91 Å². The minimum Gasteiger partial charge on any atom is -0.383 e. The van der Waals surface area contributed by atoms with Crippen molar-refractivity contribution in [1.82, 2.24) is 14.5 Å². The summed E-state index contributed by atoms with van der Waals surface area (Å²) in [7, 11) is 4.97. The normalized spacial score (nSPS) is 16.2. The zero-order chi connectivity index (χ0) is 20.8. The van der Waals surface area contributed by atoms with Gasteiger partial charge in [-0.3, -0.25) is 9.59 Å². The summed E-state index contributed by atoms with van der Waals surface area (Å²) < 4.78 is 12.0. The lowest BCUT2D eigenvalue weighted by atomic mass is 10.1. The van der Waals surface area contributed by atoms with E-state index in [0.29, 0.717) is 19.6 Å². The molecule has 9 heteroatoms. The summed E-state index contributed by atoms with van der Waals surface area (Å²) in [5.41, 5.74) is 1.88. The van der Waals surface area contributed by atoms with Crippen molar-refractivity contribution in [3.63, 3.8) is 0 Å². The average Bonchev–Trinajstić information content (AvgIpc) is 3.44. The second kappa shape index (κ2) is 9.82. The van der Waals surface area contributed by atoms with E-state index < -0.39 is 0 Å². The Kier molecular flexibility index (Phi) is 7.18. The van der Waals surface area contributed by atoms with Crippen LogP contribution in [0.3, 0.4) is 0 Å². The van der Waals surface area contributed by atoms with Gasteiger partial charge in [0.15, 0.2) is 0 Å². The monoisotopic (exact) mass is 418 g/mol. The van der Waals surface area contributed by atoms with Crippen LogP contribution >= 0.6 is 11.3 Å². The van der Waals surface area contributed by atoms with Crippen molar-refractivity contribution >= 4 is 28.9 Å². The van der Waals surface area contributed by atoms with Gasteiger partial charge in [0.2, 0.25) is 5.91 Å². The smallest absolute Gasteiger partial charge is 0.262 e. The topological polar surface area (TPSA) is 76.4 Å². The fourth-order valence-corrected chi connectivity index (χ4v) is 4.05. The number of aromatic nitrogens is 1. The van der Waals surface area contributed by atoms with Crippen molar-refractivity contribution < 1.29 is 19.1 Å². The maximum absolute atomic E-state index is 13.2. The fraction of sp³-hybridized carbons (Fsp3) is 0.450. The minimum absolute atomic E-state index is 0.0757. The number of ether oxygens (including phenoxy) is 2. The molecule has 0 bridgehead atoms. The van der Waals surface area contributed by atoms with E-state index in [0.717, 1.165) is 16.3 Å². The lowest BCUT2D eigenvalue weighted by Crippen LogP contribution is -2.44. The summed E-state index contributed by atoms with van der Waals surface area (Å²) in [5.74, 6) is -0.488. The van der Waals surface area contributed by atoms with Gasteiger partial charge < -0.3 is 18.9 Å². The van der Waals surface area contributed by atoms with Crippen molar-refractivity contribution in [3.05, 3.63) is 46.4 Å². The van der Waals surface area contributed by atoms with Crippen LogP contribution in [0.2, 0.25) is 0 Å². The van der Waals surface area contributed by atoms with Crippen molar-refractivity contribution in [2.75, 3.05) is 40.5 Å². The SMILES string of the molecule is COCCN(CC(=O)N1N=C(c2cccs2)C[C@@H]1c1cccn1C)C(=O)COC. The lowest BCUT2D eigenvalue weighted by Gasteiger charge is -2.27. The summed E-state index contributed by atoms with van der Waals surface area (Å²) in [6.07, 6.45) is 2.59. The van der Waals surface area contributed by atoms with E-state index in [1.807, 2.05) is 47.5 Å². The van der Waals surface area contributed by atoms with Crippen LogP contribution in [-0.2, 0) is 26.1 Å². The maximum atomic E-state index is 13.2. The Morgan fingerprint density at radius 1 is 1.28 bits per heavy atom. The predicted molar refractivity (Wildman–Crippen MR) is 111 cm³/mol. The first kappa shape index (κ1) is 21.2. The molecule has 1 aliphatic heterocycles. The third-order valence-corrected chi connectivity index (χ3v) is 5.73. The highest BCUT2D eigenvalue weighted by Gasteiger charge is 2.35. The van der Waals surface area contributed by atoms with Crippen LogP contribution in [0.4, 0.5) is 0 Å². The first-order valence-electron chi connectivity index (χ1n) is 9.35. The molecule has 0 aliphatic carbocycles. The molecule has 2 aromatic rings. The van der Waals surface area contributed by atoms with E-state index in [1.54, 1.807) is 18.4 Å². The van der Waals surface area contributed by atoms with Crippen molar-refractivity contribution in [2.45, 2.75) is 12.5 Å². The van der Waals surface area contributed by atoms with Crippen molar-refractivity contribution in [3.8, 4) is 0 Å². The first-order chi connectivity index (χ1) is 14.0. The van der Waals surface area contributed by atoms with Gasteiger partial charge in [-0.25, -0.2) is 5.01 Å². The van der Waals surface area contributed by atoms with E-state index in [9.17, 15) is 9.59 Å². The Morgan fingerprint density at radius 3 is 2.72 bits per heavy atom. The molecule has 156 valence electrons. The van der Waals surface area contributed by atoms with Crippen LogP contribution in [0.1, 0.15) is 23.0 Å². The number of carbonyl (C=O) groups is 2. The highest BCUT2D eigenvalue weighted by molar-refractivity contribution is 7.12. The first-order valence-corrected chi connectivity index (χ1v) is 10.2. The van der Waals surface area contributed by atoms with E-state index in [-0.39, 0.29) is 31.0 Å². The van der Waals surface area contributed by atoms with E-state index in [2.05, 4.69) is 5.10 Å². The molecule has 3 rings (SSSR count). The van der Waals surface area contributed by atoms with Crippen LogP contribution in [0.15, 0.2) is 40.9 Å². The molecule has 0 aromatic carbocycles. The summed E-state index contributed by atoms with van der Waals surface area (Å²) in [5, 5.41) is 8.16. The molecule has 0 unspecified atom stereocenters. The van der Waals surface area contributed by atoms with Crippen LogP contribution in [-0.4, -0.2) is 72.5 Å². The molecular weight excluding hydrogens is 392 g/mol. The molecule has 0 spiro atoms. The zero-order valence-corrected chi connectivity index (χ0v) is 17.7. The van der Waals surface area contributed by atoms with Gasteiger partial charge in [0.05, 0.1) is 17.2 Å². The molecule has 0 radical (unpaired) electrons. The van der Waals surface area contributed by atoms with Crippen LogP contribution in [0.5, 0.6) is 0 Å². The summed E-state index contributed by atoms with van der Waals surface area (Å²) in [4.78, 5) is 28.1. The number of thiophene rings is 1. The quantitative estimate of drug-likeness (QED) is 0.623. The zero-order valence-electron chi connectivity index (χ0n) is 16.9. The second-order valence-corrected chi connectivity index (χ2v) is 7.71. The van der Waals surface area contributed by atoms with E-state index in [1.165, 1.54) is 17.0 Å². The molecule has 3 heterocycles. The van der Waals surface area contributed by atoms with Gasteiger partial charge in [-0.1, -0.05) is 6.07 Å². The molecule has 29 heavy (non-hydrogen) atoms. The Morgan fingerprint density at radius 2 is 2.10 bits per heavy atom. The van der Waals surface area contributed by atoms with Gasteiger partial charge in [-0.15, -0.1) is 11.3 Å². The van der Waals surface area contributed by atoms with Gasteiger partial charge in [0, 0.05) is 46.1 Å². The number of hydrazone groups is 1. The number of nitrogens with zero attached hydrogens (tertiary/aromatic N) is 4. The Bertz CT molecular complexity index is 862. The van der Waals surface area contributed by atoms with Crippen LogP contribution in [0.25, 0.3) is 0 Å². The minimum atomic E-state index is -0.255. The predicted octanol–water partition coefficient (Wildman–Crippen LogP) is 1.89. The van der Waals surface area contributed by atoms with Crippen molar-refractivity contribution in [1.29, 1.82) is 0 Å². The lowest BCUT2D eigenvalue weighted by molar-refractivity contribution is -0.144. The van der Waals surface area contributed by atoms with Gasteiger partial charge in [-0.05, 0) is 23.6 Å². The number of methoxy groups -OCH3 is 2. The third kappa shape index (κ3) is 4.92. The van der Waals surface area contributed by atoms with E-state index >= 15 is 0 Å². The number of carbonyl (C=O) groups excluding carboxylic acids is 2. The molecule has 1 aliphatic rings. The highest BCUT2D eigenvalue weighted by atomic mass is 32.1. The molecule has 0 N–H and O–H groups in total. The van der Waals surface area contributed by atoms with Crippen LogP contribution < -0.4 is 0 Å². The number of amides is 2. The van der Waals surface area contributed by atoms with Crippen LogP contribution in [0, 0.1) is 0 Å². The summed E-state index contributed by atoms with van der Waals surface area (Å²) in [6, 6.07) is 7.72. The standard InChI is InChI=1S/C20H26N4O4S/c1-22-8-4-6-16(22)17-12-15(18-7-5-11-29-18)21-24(17)19(25)13-23(9-10-27-2)20(26)14-28-3/h4-8,11,17H,9-10,12-14H2,1-3H3/t17-/m1/s1. The second-order valence-electron chi connectivity index (χ2n) is 6.77. The molecular formula is C20H26N4O4S. The van der Waals surface area contributed by atoms with Gasteiger partial charge >= 0.3 is 0 Å². The summed E-state index contributed by atoms with van der Waals surface area (Å²) in [6.45, 7) is 0.498. The molecule has 2 aromatic heterocycles. The number of hydrogen-bond donors (Lipinski definition) is 0. The number of hydrogen-bond acceptors (Lipinski definition) is 6. The van der Waals surface area contributed by atoms with E-state index in [4.69, 9.17) is 9.47 Å². The Labute approximate surface area is 174 Å². The maximum Gasteiger partial charge on any atom is 0.262 e.